The molecule has 0 aromatic heterocycles. The van der Waals surface area contributed by atoms with E-state index in [2.05, 4.69) is 15.9 Å². The van der Waals surface area contributed by atoms with Crippen molar-refractivity contribution in [3.05, 3.63) is 46.4 Å². The highest BCUT2D eigenvalue weighted by Crippen LogP contribution is 2.22. The average Bonchev–Trinajstić information content (AvgIpc) is 2.44. The Labute approximate surface area is 138 Å². The molecule has 0 radical (unpaired) electrons. The Bertz CT molecular complexity index is 702. The first kappa shape index (κ1) is 15.9. The van der Waals surface area contributed by atoms with Crippen LogP contribution in [0.4, 0.5) is 0 Å². The highest BCUT2D eigenvalue weighted by Gasteiger charge is 2.18. The molecule has 2 aromatic carbocycles. The number of rotatable bonds is 4. The van der Waals surface area contributed by atoms with Gasteiger partial charge in [0.2, 0.25) is 0 Å². The zero-order chi connectivity index (χ0) is 15.6. The van der Waals surface area contributed by atoms with Gasteiger partial charge >= 0.3 is 0 Å². The van der Waals surface area contributed by atoms with Crippen molar-refractivity contribution in [1.29, 1.82) is 0 Å². The summed E-state index contributed by atoms with van der Waals surface area (Å²) in [6.07, 6.45) is 0.526. The molecule has 2 N–H and O–H groups in total. The van der Waals surface area contributed by atoms with Gasteiger partial charge in [0, 0.05) is 29.5 Å². The van der Waals surface area contributed by atoms with E-state index in [1.54, 1.807) is 11.9 Å². The lowest BCUT2D eigenvalue weighted by Crippen LogP contribution is -2.37. The third-order valence-electron chi connectivity index (χ3n) is 3.53. The zero-order valence-corrected chi connectivity index (χ0v) is 14.4. The molecule has 1 atom stereocenters. The number of carbonyl (C=O) groups is 1. The Balaban J connectivity index is 2.26. The minimum Gasteiger partial charge on any atom is -0.393 e. The molecule has 0 aliphatic carbocycles. The molecule has 21 heavy (non-hydrogen) atoms. The van der Waals surface area contributed by atoms with Crippen LogP contribution in [0.2, 0.25) is 0 Å². The van der Waals surface area contributed by atoms with Crippen LogP contribution in [-0.4, -0.2) is 28.9 Å². The van der Waals surface area contributed by atoms with Gasteiger partial charge in [0.15, 0.2) is 0 Å². The van der Waals surface area contributed by atoms with Crippen LogP contribution in [-0.2, 0) is 0 Å². The van der Waals surface area contributed by atoms with Crippen LogP contribution in [0, 0.1) is 0 Å². The van der Waals surface area contributed by atoms with Crippen LogP contribution < -0.4 is 5.73 Å². The van der Waals surface area contributed by atoms with Crippen LogP contribution in [0.25, 0.3) is 10.8 Å². The molecule has 0 aliphatic heterocycles. The lowest BCUT2D eigenvalue weighted by molar-refractivity contribution is 0.0748. The molecule has 2 aromatic rings. The van der Waals surface area contributed by atoms with E-state index in [-0.39, 0.29) is 11.9 Å². The van der Waals surface area contributed by atoms with E-state index >= 15 is 0 Å². The van der Waals surface area contributed by atoms with Crippen LogP contribution in [0.1, 0.15) is 23.7 Å². The second-order valence-electron chi connectivity index (χ2n) is 5.14. The summed E-state index contributed by atoms with van der Waals surface area (Å²) in [5.74, 6) is -0.0245. The van der Waals surface area contributed by atoms with E-state index in [1.165, 1.54) is 0 Å². The molecule has 0 saturated heterocycles. The monoisotopic (exact) mass is 364 g/mol. The fourth-order valence-electron chi connectivity index (χ4n) is 2.18. The van der Waals surface area contributed by atoms with Crippen molar-refractivity contribution in [3.8, 4) is 0 Å². The fraction of sp³-hybridized carbons (Fsp3) is 0.250. The standard InChI is InChI=1S/C16H17BrN2OS/c1-10(7-15(18)21)19(2)16(20)13-4-3-12-9-14(17)6-5-11(12)8-13/h3-6,8-10H,7H2,1-2H3,(H2,18,21). The molecule has 0 aliphatic rings. The number of halogens is 1. The molecule has 110 valence electrons. The summed E-state index contributed by atoms with van der Waals surface area (Å²) < 4.78 is 1.02. The molecular weight excluding hydrogens is 348 g/mol. The Hall–Kier alpha value is -1.46. The molecule has 0 heterocycles. The Morgan fingerprint density at radius 1 is 1.29 bits per heavy atom. The van der Waals surface area contributed by atoms with Crippen molar-refractivity contribution < 1.29 is 4.79 Å². The van der Waals surface area contributed by atoms with E-state index in [0.29, 0.717) is 17.0 Å². The summed E-state index contributed by atoms with van der Waals surface area (Å²) >= 11 is 8.35. The van der Waals surface area contributed by atoms with Crippen molar-refractivity contribution in [2.75, 3.05) is 7.05 Å². The largest absolute Gasteiger partial charge is 0.393 e. The van der Waals surface area contributed by atoms with Gasteiger partial charge in [0.25, 0.3) is 5.91 Å². The number of thiocarbonyl (C=S) groups is 1. The number of hydrogen-bond acceptors (Lipinski definition) is 2. The van der Waals surface area contributed by atoms with Crippen LogP contribution in [0.15, 0.2) is 40.9 Å². The van der Waals surface area contributed by atoms with E-state index in [0.717, 1.165) is 15.2 Å². The first-order valence-corrected chi connectivity index (χ1v) is 7.83. The first-order chi connectivity index (χ1) is 9.88. The predicted octanol–water partition coefficient (Wildman–Crippen LogP) is 3.74. The fourth-order valence-corrected chi connectivity index (χ4v) is 2.80. The van der Waals surface area contributed by atoms with Gasteiger partial charge < -0.3 is 10.6 Å². The minimum atomic E-state index is -0.0245. The Morgan fingerprint density at radius 3 is 2.57 bits per heavy atom. The summed E-state index contributed by atoms with van der Waals surface area (Å²) in [6.45, 7) is 1.94. The SMILES string of the molecule is CC(CC(N)=S)N(C)C(=O)c1ccc2cc(Br)ccc2c1. The van der Waals surface area contributed by atoms with Gasteiger partial charge in [-0.3, -0.25) is 4.79 Å². The van der Waals surface area contributed by atoms with Crippen molar-refractivity contribution in [2.24, 2.45) is 5.73 Å². The van der Waals surface area contributed by atoms with E-state index in [9.17, 15) is 4.79 Å². The van der Waals surface area contributed by atoms with Crippen molar-refractivity contribution in [2.45, 2.75) is 19.4 Å². The molecular formula is C16H17BrN2OS. The van der Waals surface area contributed by atoms with Gasteiger partial charge in [0.1, 0.15) is 0 Å². The summed E-state index contributed by atoms with van der Waals surface area (Å²) in [4.78, 5) is 14.6. The summed E-state index contributed by atoms with van der Waals surface area (Å²) in [5.41, 5.74) is 6.22. The highest BCUT2D eigenvalue weighted by atomic mass is 79.9. The van der Waals surface area contributed by atoms with Gasteiger partial charge in [-0.05, 0) is 42.0 Å². The minimum absolute atomic E-state index is 0.0179. The van der Waals surface area contributed by atoms with Gasteiger partial charge in [-0.2, -0.15) is 0 Å². The molecule has 3 nitrogen and oxygen atoms in total. The number of fused-ring (bicyclic) bond motifs is 1. The third-order valence-corrected chi connectivity index (χ3v) is 4.19. The highest BCUT2D eigenvalue weighted by molar-refractivity contribution is 9.10. The maximum absolute atomic E-state index is 12.5. The third kappa shape index (κ3) is 3.80. The molecule has 0 bridgehead atoms. The van der Waals surface area contributed by atoms with Crippen molar-refractivity contribution in [1.82, 2.24) is 4.90 Å². The predicted molar refractivity (Wildman–Crippen MR) is 94.6 cm³/mol. The first-order valence-electron chi connectivity index (χ1n) is 6.63. The number of benzene rings is 2. The molecule has 1 unspecified atom stereocenters. The zero-order valence-electron chi connectivity index (χ0n) is 12.0. The van der Waals surface area contributed by atoms with Gasteiger partial charge in [-0.1, -0.05) is 40.3 Å². The number of amides is 1. The summed E-state index contributed by atoms with van der Waals surface area (Å²) in [5, 5.41) is 2.14. The molecule has 5 heteroatoms. The van der Waals surface area contributed by atoms with E-state index in [4.69, 9.17) is 18.0 Å². The van der Waals surface area contributed by atoms with E-state index < -0.39 is 0 Å². The maximum Gasteiger partial charge on any atom is 0.253 e. The Morgan fingerprint density at radius 2 is 1.90 bits per heavy atom. The maximum atomic E-state index is 12.5. The Kier molecular flexibility index (Phi) is 4.96. The lowest BCUT2D eigenvalue weighted by Gasteiger charge is -2.24. The van der Waals surface area contributed by atoms with Crippen LogP contribution in [0.5, 0.6) is 0 Å². The van der Waals surface area contributed by atoms with Gasteiger partial charge in [-0.25, -0.2) is 0 Å². The number of hydrogen-bond donors (Lipinski definition) is 1. The number of carbonyl (C=O) groups excluding carboxylic acids is 1. The smallest absolute Gasteiger partial charge is 0.253 e. The van der Waals surface area contributed by atoms with Crippen molar-refractivity contribution >= 4 is 49.8 Å². The number of nitrogens with two attached hydrogens (primary N) is 1. The molecule has 0 spiro atoms. The lowest BCUT2D eigenvalue weighted by atomic mass is 10.1. The van der Waals surface area contributed by atoms with Gasteiger partial charge in [-0.15, -0.1) is 0 Å². The molecule has 0 fully saturated rings. The molecule has 2 rings (SSSR count). The summed E-state index contributed by atoms with van der Waals surface area (Å²) in [7, 11) is 1.77. The van der Waals surface area contributed by atoms with Crippen LogP contribution >= 0.6 is 28.1 Å². The quantitative estimate of drug-likeness (QED) is 0.840. The second kappa shape index (κ2) is 6.54. The average molecular weight is 365 g/mol. The molecule has 0 saturated carbocycles. The van der Waals surface area contributed by atoms with E-state index in [1.807, 2.05) is 43.3 Å². The van der Waals surface area contributed by atoms with Crippen molar-refractivity contribution in [3.63, 3.8) is 0 Å². The second-order valence-corrected chi connectivity index (χ2v) is 6.58. The summed E-state index contributed by atoms with van der Waals surface area (Å²) in [6, 6.07) is 11.7. The number of nitrogens with zero attached hydrogens (tertiary/aromatic N) is 1. The topological polar surface area (TPSA) is 46.3 Å². The van der Waals surface area contributed by atoms with Gasteiger partial charge in [0.05, 0.1) is 4.99 Å². The molecule has 1 amide bonds. The normalized spacial score (nSPS) is 12.1. The van der Waals surface area contributed by atoms with Crippen LogP contribution in [0.3, 0.4) is 0 Å².